The van der Waals surface area contributed by atoms with Crippen LogP contribution in [0.1, 0.15) is 29.8 Å². The maximum absolute atomic E-state index is 10.9. The van der Waals surface area contributed by atoms with Crippen molar-refractivity contribution in [3.8, 4) is 0 Å². The van der Waals surface area contributed by atoms with Gasteiger partial charge in [-0.3, -0.25) is 9.59 Å². The van der Waals surface area contributed by atoms with Gasteiger partial charge in [-0.15, -0.1) is 10.2 Å². The molecule has 0 saturated carbocycles. The number of aromatic nitrogens is 2. The normalized spacial score (nSPS) is 18.9. The minimum atomic E-state index is -0.825. The highest BCUT2D eigenvalue weighted by molar-refractivity contribution is 5.90. The second-order valence-corrected chi connectivity index (χ2v) is 4.23. The lowest BCUT2D eigenvalue weighted by Gasteiger charge is -2.23. The Balaban J connectivity index is 2.14. The number of carbonyl (C=O) groups is 2. The molecule has 7 heteroatoms. The van der Waals surface area contributed by atoms with E-state index in [0.29, 0.717) is 5.82 Å². The first-order valence-electron chi connectivity index (χ1n) is 5.70. The van der Waals surface area contributed by atoms with E-state index in [2.05, 4.69) is 10.2 Å². The Morgan fingerprint density at radius 1 is 1.44 bits per heavy atom. The van der Waals surface area contributed by atoms with Crippen LogP contribution in [-0.4, -0.2) is 39.8 Å². The first-order valence-corrected chi connectivity index (χ1v) is 5.70. The van der Waals surface area contributed by atoms with E-state index in [-0.39, 0.29) is 18.2 Å². The fourth-order valence-electron chi connectivity index (χ4n) is 2.16. The van der Waals surface area contributed by atoms with Crippen molar-refractivity contribution in [2.45, 2.75) is 25.3 Å². The van der Waals surface area contributed by atoms with Gasteiger partial charge in [0.1, 0.15) is 0 Å². The molecule has 0 spiro atoms. The Morgan fingerprint density at radius 2 is 2.22 bits per heavy atom. The molecule has 1 aromatic heterocycles. The molecule has 2 heterocycles. The highest BCUT2D eigenvalue weighted by Gasteiger charge is 2.27. The van der Waals surface area contributed by atoms with Gasteiger partial charge in [0.05, 0.1) is 6.42 Å². The SMILES string of the molecule is NC(=O)c1ccc(N2CCCC2CC(=O)O)nn1. The number of carboxylic acids is 1. The zero-order chi connectivity index (χ0) is 13.1. The molecule has 1 fully saturated rings. The van der Waals surface area contributed by atoms with Crippen molar-refractivity contribution in [2.75, 3.05) is 11.4 Å². The fraction of sp³-hybridized carbons (Fsp3) is 0.455. The minimum Gasteiger partial charge on any atom is -0.481 e. The van der Waals surface area contributed by atoms with Crippen molar-refractivity contribution in [1.82, 2.24) is 10.2 Å². The van der Waals surface area contributed by atoms with Gasteiger partial charge in [0.2, 0.25) is 0 Å². The smallest absolute Gasteiger partial charge is 0.305 e. The van der Waals surface area contributed by atoms with Gasteiger partial charge in [-0.25, -0.2) is 0 Å². The lowest BCUT2D eigenvalue weighted by atomic mass is 10.1. The number of nitrogens with zero attached hydrogens (tertiary/aromatic N) is 3. The number of rotatable bonds is 4. The molecule has 96 valence electrons. The molecular formula is C11H14N4O3. The molecule has 1 aliphatic rings. The van der Waals surface area contributed by atoms with Gasteiger partial charge in [0.25, 0.3) is 5.91 Å². The van der Waals surface area contributed by atoms with E-state index in [1.807, 2.05) is 4.90 Å². The third kappa shape index (κ3) is 2.55. The number of amides is 1. The molecule has 2 rings (SSSR count). The Morgan fingerprint density at radius 3 is 2.78 bits per heavy atom. The highest BCUT2D eigenvalue weighted by atomic mass is 16.4. The van der Waals surface area contributed by atoms with Crippen LogP contribution in [0.5, 0.6) is 0 Å². The molecule has 1 unspecified atom stereocenters. The van der Waals surface area contributed by atoms with Crippen molar-refractivity contribution in [3.63, 3.8) is 0 Å². The van der Waals surface area contributed by atoms with Crippen molar-refractivity contribution in [2.24, 2.45) is 5.73 Å². The van der Waals surface area contributed by atoms with Crippen molar-refractivity contribution >= 4 is 17.7 Å². The molecule has 1 amide bonds. The molecular weight excluding hydrogens is 236 g/mol. The van der Waals surface area contributed by atoms with E-state index in [1.165, 1.54) is 6.07 Å². The standard InChI is InChI=1S/C11H14N4O3/c12-11(18)8-3-4-9(14-13-8)15-5-1-2-7(15)6-10(16)17/h3-4,7H,1-2,5-6H2,(H2,12,18)(H,16,17). The molecule has 0 aromatic carbocycles. The van der Waals surface area contributed by atoms with Crippen molar-refractivity contribution in [1.29, 1.82) is 0 Å². The number of anilines is 1. The molecule has 1 aromatic rings. The monoisotopic (exact) mass is 250 g/mol. The summed E-state index contributed by atoms with van der Waals surface area (Å²) in [5, 5.41) is 16.5. The van der Waals surface area contributed by atoms with Gasteiger partial charge < -0.3 is 15.7 Å². The van der Waals surface area contributed by atoms with Crippen LogP contribution in [0.25, 0.3) is 0 Å². The van der Waals surface area contributed by atoms with Crippen LogP contribution >= 0.6 is 0 Å². The molecule has 0 bridgehead atoms. The van der Waals surface area contributed by atoms with E-state index in [4.69, 9.17) is 10.8 Å². The van der Waals surface area contributed by atoms with Crippen LogP contribution in [0.3, 0.4) is 0 Å². The average molecular weight is 250 g/mol. The van der Waals surface area contributed by atoms with Crippen LogP contribution in [0, 0.1) is 0 Å². The Labute approximate surface area is 104 Å². The number of aliphatic carboxylic acids is 1. The summed E-state index contributed by atoms with van der Waals surface area (Å²) in [4.78, 5) is 23.5. The lowest BCUT2D eigenvalue weighted by molar-refractivity contribution is -0.137. The second-order valence-electron chi connectivity index (χ2n) is 4.23. The summed E-state index contributed by atoms with van der Waals surface area (Å²) in [6.07, 6.45) is 1.84. The molecule has 0 radical (unpaired) electrons. The Hall–Kier alpha value is -2.18. The second kappa shape index (κ2) is 4.99. The molecule has 18 heavy (non-hydrogen) atoms. The lowest BCUT2D eigenvalue weighted by Crippen LogP contribution is -2.32. The van der Waals surface area contributed by atoms with Gasteiger partial charge in [-0.1, -0.05) is 0 Å². The number of hydrogen-bond donors (Lipinski definition) is 2. The predicted molar refractivity (Wildman–Crippen MR) is 63.2 cm³/mol. The van der Waals surface area contributed by atoms with Gasteiger partial charge >= 0.3 is 5.97 Å². The molecule has 3 N–H and O–H groups in total. The third-order valence-electron chi connectivity index (χ3n) is 2.98. The van der Waals surface area contributed by atoms with E-state index >= 15 is 0 Å². The van der Waals surface area contributed by atoms with E-state index in [9.17, 15) is 9.59 Å². The highest BCUT2D eigenvalue weighted by Crippen LogP contribution is 2.25. The Bertz CT molecular complexity index is 460. The van der Waals surface area contributed by atoms with Crippen molar-refractivity contribution < 1.29 is 14.7 Å². The summed E-state index contributed by atoms with van der Waals surface area (Å²) in [6.45, 7) is 0.753. The third-order valence-corrected chi connectivity index (χ3v) is 2.98. The van der Waals surface area contributed by atoms with Gasteiger partial charge in [-0.05, 0) is 25.0 Å². The first kappa shape index (κ1) is 12.3. The zero-order valence-electron chi connectivity index (χ0n) is 9.74. The van der Waals surface area contributed by atoms with Gasteiger partial charge in [-0.2, -0.15) is 0 Å². The van der Waals surface area contributed by atoms with Gasteiger partial charge in [0.15, 0.2) is 11.5 Å². The first-order chi connectivity index (χ1) is 8.58. The summed E-state index contributed by atoms with van der Waals surface area (Å²) in [5.41, 5.74) is 5.18. The van der Waals surface area contributed by atoms with Crippen LogP contribution in [0.15, 0.2) is 12.1 Å². The number of nitrogens with two attached hydrogens (primary N) is 1. The quantitative estimate of drug-likeness (QED) is 0.779. The summed E-state index contributed by atoms with van der Waals surface area (Å²) in [6, 6.07) is 3.09. The predicted octanol–water partition coefficient (Wildman–Crippen LogP) is 0.0190. The summed E-state index contributed by atoms with van der Waals surface area (Å²) in [5.74, 6) is -0.866. The summed E-state index contributed by atoms with van der Waals surface area (Å²) < 4.78 is 0. The largest absolute Gasteiger partial charge is 0.481 e. The summed E-state index contributed by atoms with van der Waals surface area (Å²) >= 11 is 0. The summed E-state index contributed by atoms with van der Waals surface area (Å²) in [7, 11) is 0. The molecule has 1 aliphatic heterocycles. The maximum atomic E-state index is 10.9. The maximum Gasteiger partial charge on any atom is 0.305 e. The Kier molecular flexibility index (Phi) is 3.40. The zero-order valence-corrected chi connectivity index (χ0v) is 9.74. The number of primary amides is 1. The fourth-order valence-corrected chi connectivity index (χ4v) is 2.16. The number of carbonyl (C=O) groups excluding carboxylic acids is 1. The van der Waals surface area contributed by atoms with Crippen LogP contribution in [0.2, 0.25) is 0 Å². The van der Waals surface area contributed by atoms with Crippen LogP contribution in [-0.2, 0) is 4.79 Å². The molecule has 1 saturated heterocycles. The molecule has 0 aliphatic carbocycles. The molecule has 7 nitrogen and oxygen atoms in total. The van der Waals surface area contributed by atoms with E-state index < -0.39 is 11.9 Å². The van der Waals surface area contributed by atoms with Crippen molar-refractivity contribution in [3.05, 3.63) is 17.8 Å². The molecule has 1 atom stereocenters. The van der Waals surface area contributed by atoms with Gasteiger partial charge in [0, 0.05) is 12.6 Å². The van der Waals surface area contributed by atoms with E-state index in [1.54, 1.807) is 6.07 Å². The topological polar surface area (TPSA) is 109 Å². The number of carboxylic acid groups (broad SMARTS) is 1. The minimum absolute atomic E-state index is 0.0590. The van der Waals surface area contributed by atoms with Crippen LogP contribution < -0.4 is 10.6 Å². The van der Waals surface area contributed by atoms with E-state index in [0.717, 1.165) is 19.4 Å². The average Bonchev–Trinajstić information content (AvgIpc) is 2.76. The number of hydrogen-bond acceptors (Lipinski definition) is 5. The van der Waals surface area contributed by atoms with Crippen LogP contribution in [0.4, 0.5) is 5.82 Å².